The molecule has 1 N–H and O–H groups in total. The van der Waals surface area contributed by atoms with Crippen LogP contribution in [0.4, 0.5) is 0 Å². The van der Waals surface area contributed by atoms with Crippen molar-refractivity contribution in [2.24, 2.45) is 22.7 Å². The van der Waals surface area contributed by atoms with E-state index in [1.54, 1.807) is 0 Å². The molecule has 1 aliphatic heterocycles. The lowest BCUT2D eigenvalue weighted by atomic mass is 9.47. The largest absolute Gasteiger partial charge is 0.365 e. The van der Waals surface area contributed by atoms with Gasteiger partial charge in [-0.1, -0.05) is 39.3 Å². The van der Waals surface area contributed by atoms with Gasteiger partial charge in [-0.25, -0.2) is 9.78 Å². The smallest absolute Gasteiger partial charge is 0.192 e. The van der Waals surface area contributed by atoms with Gasteiger partial charge in [-0.05, 0) is 54.1 Å². The second-order valence-electron chi connectivity index (χ2n) is 8.75. The van der Waals surface area contributed by atoms with Crippen molar-refractivity contribution in [3.8, 4) is 0 Å². The fraction of sp³-hybridized carbons (Fsp3) is 0.750. The third-order valence-corrected chi connectivity index (χ3v) is 6.73. The van der Waals surface area contributed by atoms with E-state index in [-0.39, 0.29) is 23.9 Å². The van der Waals surface area contributed by atoms with E-state index in [1.807, 2.05) is 6.08 Å². The molecule has 1 heterocycles. The minimum atomic E-state index is -1.09. The number of hydrogen-bond acceptors (Lipinski definition) is 4. The molecule has 134 valence electrons. The first-order chi connectivity index (χ1) is 11.3. The molecule has 0 bridgehead atoms. The number of rotatable bonds is 2. The van der Waals surface area contributed by atoms with Crippen LogP contribution in [0.2, 0.25) is 0 Å². The topological polar surface area (TPSA) is 55.8 Å². The minimum Gasteiger partial charge on any atom is -0.365 e. The van der Waals surface area contributed by atoms with Crippen molar-refractivity contribution in [1.29, 1.82) is 0 Å². The summed E-state index contributed by atoms with van der Waals surface area (Å²) in [5.74, 6) is 0.704. The Hall–Kier alpha value is -0.970. The lowest BCUT2D eigenvalue weighted by Gasteiger charge is -2.58. The Labute approximate surface area is 144 Å². The maximum Gasteiger partial charge on any atom is 0.192 e. The van der Waals surface area contributed by atoms with Crippen molar-refractivity contribution in [2.75, 3.05) is 0 Å². The molecule has 4 heteroatoms. The van der Waals surface area contributed by atoms with Gasteiger partial charge in [0, 0.05) is 12.3 Å². The molecule has 3 rings (SSSR count). The highest BCUT2D eigenvalue weighted by Gasteiger charge is 2.55. The first-order valence-corrected chi connectivity index (χ1v) is 9.11. The molecule has 0 aromatic rings. The third kappa shape index (κ3) is 3.00. The Morgan fingerprint density at radius 3 is 2.75 bits per heavy atom. The van der Waals surface area contributed by atoms with Crippen molar-refractivity contribution >= 4 is 6.29 Å². The van der Waals surface area contributed by atoms with E-state index in [0.717, 1.165) is 19.1 Å². The number of aliphatic hydroxyl groups excluding tert-OH is 1. The predicted octanol–water partition coefficient (Wildman–Crippen LogP) is 3.95. The van der Waals surface area contributed by atoms with Crippen LogP contribution in [0.1, 0.15) is 59.3 Å². The second-order valence-corrected chi connectivity index (χ2v) is 8.75. The average molecular weight is 334 g/mol. The highest BCUT2D eigenvalue weighted by atomic mass is 17.2. The molecule has 4 nitrogen and oxygen atoms in total. The van der Waals surface area contributed by atoms with E-state index < -0.39 is 6.29 Å². The first kappa shape index (κ1) is 17.8. The van der Waals surface area contributed by atoms with Crippen molar-refractivity contribution in [1.82, 2.24) is 0 Å². The van der Waals surface area contributed by atoms with Crippen LogP contribution < -0.4 is 0 Å². The summed E-state index contributed by atoms with van der Waals surface area (Å²) >= 11 is 0. The Bertz CT molecular complexity index is 550. The zero-order valence-corrected chi connectivity index (χ0v) is 15.1. The molecule has 0 amide bonds. The number of carbonyl (C=O) groups excluding carboxylic acids is 1. The molecule has 2 fully saturated rings. The normalized spacial score (nSPS) is 42.7. The van der Waals surface area contributed by atoms with Crippen LogP contribution in [0.3, 0.4) is 0 Å². The van der Waals surface area contributed by atoms with E-state index in [0.29, 0.717) is 16.9 Å². The van der Waals surface area contributed by atoms with E-state index in [9.17, 15) is 9.90 Å². The van der Waals surface area contributed by atoms with Crippen LogP contribution in [0.25, 0.3) is 0 Å². The summed E-state index contributed by atoms with van der Waals surface area (Å²) in [6, 6.07) is 0. The summed E-state index contributed by atoms with van der Waals surface area (Å²) in [6.45, 7) is 11.4. The van der Waals surface area contributed by atoms with Gasteiger partial charge in [0.05, 0.1) is 0 Å². The molecule has 5 atom stereocenters. The van der Waals surface area contributed by atoms with Gasteiger partial charge in [0.2, 0.25) is 0 Å². The predicted molar refractivity (Wildman–Crippen MR) is 91.8 cm³/mol. The van der Waals surface area contributed by atoms with Gasteiger partial charge in [-0.3, -0.25) is 4.79 Å². The molecule has 3 aliphatic rings. The molecule has 0 radical (unpaired) electrons. The van der Waals surface area contributed by atoms with Crippen LogP contribution in [-0.2, 0) is 14.6 Å². The Kier molecular flexibility index (Phi) is 4.75. The summed E-state index contributed by atoms with van der Waals surface area (Å²) in [7, 11) is 0. The Morgan fingerprint density at radius 2 is 2.04 bits per heavy atom. The van der Waals surface area contributed by atoms with Crippen molar-refractivity contribution < 1.29 is 19.7 Å². The number of fused-ring (bicyclic) bond motifs is 1. The Balaban J connectivity index is 1.97. The fourth-order valence-corrected chi connectivity index (χ4v) is 5.73. The summed E-state index contributed by atoms with van der Waals surface area (Å²) in [6.07, 6.45) is 7.10. The highest BCUT2D eigenvalue weighted by molar-refractivity contribution is 5.73. The SMILES string of the molecule is C=C1CC[C@H]2C(C)(C)CCC[C@]2(C)[C@H]1C1C=C(C=O)CC(O)OO1. The van der Waals surface area contributed by atoms with Crippen LogP contribution in [0, 0.1) is 22.7 Å². The molecule has 2 saturated carbocycles. The lowest BCUT2D eigenvalue weighted by molar-refractivity contribution is -0.389. The molecule has 2 unspecified atom stereocenters. The average Bonchev–Trinajstić information content (AvgIpc) is 2.67. The standard InChI is InChI=1S/C20H30O4/c1-13-6-7-16-19(2,3)8-5-9-20(16,4)18(13)15-10-14(12-21)11-17(22)24-23-15/h10,12,15-18,22H,1,5-9,11H2,2-4H3/t15?,16-,17?,18+,20-/m0/s1. The summed E-state index contributed by atoms with van der Waals surface area (Å²) in [5, 5.41) is 9.78. The minimum absolute atomic E-state index is 0.0743. The van der Waals surface area contributed by atoms with E-state index >= 15 is 0 Å². The molecule has 24 heavy (non-hydrogen) atoms. The number of carbonyl (C=O) groups is 1. The quantitative estimate of drug-likeness (QED) is 0.472. The van der Waals surface area contributed by atoms with E-state index in [2.05, 4.69) is 27.4 Å². The number of hydrogen-bond donors (Lipinski definition) is 1. The van der Waals surface area contributed by atoms with Gasteiger partial charge >= 0.3 is 0 Å². The molecule has 2 aliphatic carbocycles. The van der Waals surface area contributed by atoms with Crippen LogP contribution in [-0.4, -0.2) is 23.8 Å². The van der Waals surface area contributed by atoms with Gasteiger partial charge in [-0.2, -0.15) is 0 Å². The number of aliphatic hydroxyl groups is 1. The first-order valence-electron chi connectivity index (χ1n) is 9.11. The Morgan fingerprint density at radius 1 is 1.29 bits per heavy atom. The summed E-state index contributed by atoms with van der Waals surface area (Å²) < 4.78 is 0. The van der Waals surface area contributed by atoms with Gasteiger partial charge in [0.15, 0.2) is 6.29 Å². The van der Waals surface area contributed by atoms with Gasteiger partial charge in [0.1, 0.15) is 12.4 Å². The third-order valence-electron chi connectivity index (χ3n) is 6.73. The second kappa shape index (κ2) is 6.40. The maximum atomic E-state index is 11.3. The maximum absolute atomic E-state index is 11.3. The van der Waals surface area contributed by atoms with Crippen LogP contribution in [0.5, 0.6) is 0 Å². The van der Waals surface area contributed by atoms with E-state index in [1.165, 1.54) is 24.8 Å². The summed E-state index contributed by atoms with van der Waals surface area (Å²) in [5.41, 5.74) is 2.09. The molecule has 0 aromatic carbocycles. The van der Waals surface area contributed by atoms with Gasteiger partial charge in [0.25, 0.3) is 0 Å². The van der Waals surface area contributed by atoms with Crippen LogP contribution >= 0.6 is 0 Å². The zero-order chi connectivity index (χ0) is 17.5. The van der Waals surface area contributed by atoms with Crippen molar-refractivity contribution in [3.63, 3.8) is 0 Å². The van der Waals surface area contributed by atoms with Crippen LogP contribution in [0.15, 0.2) is 23.8 Å². The van der Waals surface area contributed by atoms with Gasteiger partial charge in [-0.15, -0.1) is 0 Å². The highest BCUT2D eigenvalue weighted by Crippen LogP contribution is 2.62. The monoisotopic (exact) mass is 334 g/mol. The number of aldehydes is 1. The molecular weight excluding hydrogens is 304 g/mol. The van der Waals surface area contributed by atoms with Crippen molar-refractivity contribution in [3.05, 3.63) is 23.8 Å². The fourth-order valence-electron chi connectivity index (χ4n) is 5.73. The molecule has 0 saturated heterocycles. The molecular formula is C20H30O4. The molecule has 0 aromatic heterocycles. The summed E-state index contributed by atoms with van der Waals surface area (Å²) in [4.78, 5) is 22.0. The van der Waals surface area contributed by atoms with Gasteiger partial charge < -0.3 is 5.11 Å². The molecule has 0 spiro atoms. The lowest BCUT2D eigenvalue weighted by Crippen LogP contribution is -2.52. The van der Waals surface area contributed by atoms with E-state index in [4.69, 9.17) is 9.78 Å². The van der Waals surface area contributed by atoms with Crippen molar-refractivity contribution in [2.45, 2.75) is 71.7 Å². The zero-order valence-electron chi connectivity index (χ0n) is 15.1.